The zero-order chi connectivity index (χ0) is 12.2. The van der Waals surface area contributed by atoms with Crippen LogP contribution in [0.3, 0.4) is 0 Å². The lowest BCUT2D eigenvalue weighted by Gasteiger charge is -2.32. The summed E-state index contributed by atoms with van der Waals surface area (Å²) in [5, 5.41) is 0. The van der Waals surface area contributed by atoms with Gasteiger partial charge in [0.2, 0.25) is 5.91 Å². The number of carbonyl (C=O) groups excluding carboxylic acids is 1. The number of rotatable bonds is 3. The van der Waals surface area contributed by atoms with Gasteiger partial charge in [0.15, 0.2) is 0 Å². The lowest BCUT2D eigenvalue weighted by atomic mass is 9.83. The minimum atomic E-state index is 0.242. The lowest BCUT2D eigenvalue weighted by Crippen LogP contribution is -2.36. The minimum absolute atomic E-state index is 0.242. The van der Waals surface area contributed by atoms with Crippen molar-refractivity contribution in [2.45, 2.75) is 40.0 Å². The molecular weight excluding hydrogens is 200 g/mol. The number of hydrogen-bond donors (Lipinski definition) is 1. The van der Waals surface area contributed by atoms with E-state index >= 15 is 0 Å². The summed E-state index contributed by atoms with van der Waals surface area (Å²) in [5.41, 5.74) is 7.11. The monoisotopic (exact) mass is 224 g/mol. The molecule has 1 amide bonds. The summed E-state index contributed by atoms with van der Waals surface area (Å²) in [4.78, 5) is 13.7. The van der Waals surface area contributed by atoms with Crippen LogP contribution in [-0.4, -0.2) is 30.4 Å². The number of nitrogens with two attached hydrogens (primary N) is 1. The molecule has 0 aromatic carbocycles. The molecular formula is C13H24N2O. The van der Waals surface area contributed by atoms with Gasteiger partial charge in [0.05, 0.1) is 0 Å². The molecule has 1 rings (SSSR count). The van der Waals surface area contributed by atoms with Crippen LogP contribution >= 0.6 is 0 Å². The van der Waals surface area contributed by atoms with E-state index in [-0.39, 0.29) is 11.3 Å². The molecule has 1 aliphatic rings. The van der Waals surface area contributed by atoms with Crippen LogP contribution in [0.2, 0.25) is 0 Å². The molecule has 2 N–H and O–H groups in total. The summed E-state index contributed by atoms with van der Waals surface area (Å²) in [6, 6.07) is 0. The molecule has 0 saturated heterocycles. The number of amides is 1. The molecule has 0 spiro atoms. The fourth-order valence-electron chi connectivity index (χ4n) is 1.99. The van der Waals surface area contributed by atoms with Crippen molar-refractivity contribution in [1.29, 1.82) is 0 Å². The highest BCUT2D eigenvalue weighted by molar-refractivity contribution is 5.76. The topological polar surface area (TPSA) is 46.3 Å². The minimum Gasteiger partial charge on any atom is -0.339 e. The van der Waals surface area contributed by atoms with Gasteiger partial charge in [-0.1, -0.05) is 32.4 Å². The quantitative estimate of drug-likeness (QED) is 0.745. The molecule has 3 heteroatoms. The Kier molecular flexibility index (Phi) is 4.54. The van der Waals surface area contributed by atoms with E-state index in [2.05, 4.69) is 26.8 Å². The fraction of sp³-hybridized carbons (Fsp3) is 0.769. The van der Waals surface area contributed by atoms with Gasteiger partial charge >= 0.3 is 0 Å². The molecule has 0 fully saturated rings. The number of hydrogen-bond acceptors (Lipinski definition) is 2. The van der Waals surface area contributed by atoms with Gasteiger partial charge in [-0.3, -0.25) is 4.79 Å². The molecule has 0 aliphatic carbocycles. The predicted octanol–water partition coefficient (Wildman–Crippen LogP) is 1.93. The Hall–Kier alpha value is -0.830. The normalized spacial score (nSPS) is 17.2. The first-order chi connectivity index (χ1) is 7.45. The van der Waals surface area contributed by atoms with Crippen molar-refractivity contribution < 1.29 is 4.79 Å². The van der Waals surface area contributed by atoms with Crippen molar-refractivity contribution in [3.63, 3.8) is 0 Å². The molecule has 0 radical (unpaired) electrons. The summed E-state index contributed by atoms with van der Waals surface area (Å²) in [5.74, 6) is 0.245. The third-order valence-corrected chi connectivity index (χ3v) is 3.12. The largest absolute Gasteiger partial charge is 0.339 e. The lowest BCUT2D eigenvalue weighted by molar-refractivity contribution is -0.131. The summed E-state index contributed by atoms with van der Waals surface area (Å²) >= 11 is 0. The predicted molar refractivity (Wildman–Crippen MR) is 67.0 cm³/mol. The molecule has 1 aliphatic heterocycles. The summed E-state index contributed by atoms with van der Waals surface area (Å²) in [6.45, 7) is 8.92. The zero-order valence-electron chi connectivity index (χ0n) is 10.8. The first-order valence-corrected chi connectivity index (χ1v) is 6.12. The van der Waals surface area contributed by atoms with Crippen molar-refractivity contribution in [3.05, 3.63) is 11.6 Å². The average Bonchev–Trinajstić information content (AvgIpc) is 2.25. The van der Waals surface area contributed by atoms with Crippen molar-refractivity contribution >= 4 is 5.91 Å². The van der Waals surface area contributed by atoms with E-state index in [1.54, 1.807) is 0 Å². The molecule has 16 heavy (non-hydrogen) atoms. The van der Waals surface area contributed by atoms with Gasteiger partial charge in [-0.05, 0) is 24.8 Å². The van der Waals surface area contributed by atoms with Gasteiger partial charge in [-0.2, -0.15) is 0 Å². The SMILES string of the molecule is CC(C)(C)C1=CCN(C(=O)CCCN)CC1. The smallest absolute Gasteiger partial charge is 0.222 e. The molecule has 1 heterocycles. The molecule has 0 unspecified atom stereocenters. The molecule has 0 aromatic heterocycles. The Labute approximate surface area is 98.7 Å². The first kappa shape index (κ1) is 13.2. The first-order valence-electron chi connectivity index (χ1n) is 6.12. The fourth-order valence-corrected chi connectivity index (χ4v) is 1.99. The molecule has 0 saturated carbocycles. The Bertz CT molecular complexity index is 276. The second-order valence-electron chi connectivity index (χ2n) is 5.46. The average molecular weight is 224 g/mol. The second-order valence-corrected chi connectivity index (χ2v) is 5.46. The second kappa shape index (κ2) is 5.48. The van der Waals surface area contributed by atoms with E-state index in [0.717, 1.165) is 25.9 Å². The van der Waals surface area contributed by atoms with Crippen LogP contribution in [0, 0.1) is 5.41 Å². The van der Waals surface area contributed by atoms with Gasteiger partial charge in [0.25, 0.3) is 0 Å². The van der Waals surface area contributed by atoms with Crippen LogP contribution < -0.4 is 5.73 Å². The Morgan fingerprint density at radius 1 is 1.50 bits per heavy atom. The van der Waals surface area contributed by atoms with E-state index < -0.39 is 0 Å². The maximum Gasteiger partial charge on any atom is 0.222 e. The van der Waals surface area contributed by atoms with Crippen molar-refractivity contribution in [2.75, 3.05) is 19.6 Å². The Morgan fingerprint density at radius 3 is 2.62 bits per heavy atom. The summed E-state index contributed by atoms with van der Waals surface area (Å²) < 4.78 is 0. The Morgan fingerprint density at radius 2 is 2.19 bits per heavy atom. The van der Waals surface area contributed by atoms with Crippen LogP contribution in [0.5, 0.6) is 0 Å². The van der Waals surface area contributed by atoms with E-state index in [9.17, 15) is 4.79 Å². The molecule has 92 valence electrons. The van der Waals surface area contributed by atoms with E-state index in [4.69, 9.17) is 5.73 Å². The zero-order valence-corrected chi connectivity index (χ0v) is 10.8. The molecule has 0 atom stereocenters. The van der Waals surface area contributed by atoms with Gasteiger partial charge in [0, 0.05) is 19.5 Å². The van der Waals surface area contributed by atoms with Crippen LogP contribution in [0.1, 0.15) is 40.0 Å². The van der Waals surface area contributed by atoms with Crippen molar-refractivity contribution in [2.24, 2.45) is 11.1 Å². The summed E-state index contributed by atoms with van der Waals surface area (Å²) in [7, 11) is 0. The van der Waals surface area contributed by atoms with E-state index in [1.165, 1.54) is 5.57 Å². The highest BCUT2D eigenvalue weighted by Crippen LogP contribution is 2.30. The molecule has 0 aromatic rings. The Balaban J connectivity index is 2.48. The molecule has 0 bridgehead atoms. The maximum atomic E-state index is 11.8. The third-order valence-electron chi connectivity index (χ3n) is 3.12. The van der Waals surface area contributed by atoms with Crippen LogP contribution in [0.15, 0.2) is 11.6 Å². The number of carbonyl (C=O) groups is 1. The third kappa shape index (κ3) is 3.63. The van der Waals surface area contributed by atoms with Gasteiger partial charge in [-0.25, -0.2) is 0 Å². The van der Waals surface area contributed by atoms with Crippen molar-refractivity contribution in [3.8, 4) is 0 Å². The maximum absolute atomic E-state index is 11.8. The van der Waals surface area contributed by atoms with E-state index in [0.29, 0.717) is 13.0 Å². The molecule has 3 nitrogen and oxygen atoms in total. The summed E-state index contributed by atoms with van der Waals surface area (Å²) in [6.07, 6.45) is 4.61. The highest BCUT2D eigenvalue weighted by Gasteiger charge is 2.22. The van der Waals surface area contributed by atoms with Crippen molar-refractivity contribution in [1.82, 2.24) is 4.90 Å². The van der Waals surface area contributed by atoms with E-state index in [1.807, 2.05) is 4.90 Å². The van der Waals surface area contributed by atoms with Gasteiger partial charge < -0.3 is 10.6 Å². The van der Waals surface area contributed by atoms with Gasteiger partial charge in [0.1, 0.15) is 0 Å². The van der Waals surface area contributed by atoms with Gasteiger partial charge in [-0.15, -0.1) is 0 Å². The van der Waals surface area contributed by atoms with Crippen LogP contribution in [0.25, 0.3) is 0 Å². The number of nitrogens with zero attached hydrogens (tertiary/aromatic N) is 1. The highest BCUT2D eigenvalue weighted by atomic mass is 16.2. The van der Waals surface area contributed by atoms with Crippen LogP contribution in [0.4, 0.5) is 0 Å². The van der Waals surface area contributed by atoms with Crippen LogP contribution in [-0.2, 0) is 4.79 Å². The standard InChI is InChI=1S/C13H24N2O/c1-13(2,3)11-6-9-15(10-7-11)12(16)5-4-8-14/h6H,4-5,7-10,14H2,1-3H3.